The number of aryl methyl sites for hydroxylation is 1. The molecule has 2 atom stereocenters. The monoisotopic (exact) mass is 379 g/mol. The van der Waals surface area contributed by atoms with E-state index in [2.05, 4.69) is 17.6 Å². The largest absolute Gasteiger partial charge is 0.352 e. The third-order valence-electron chi connectivity index (χ3n) is 5.38. The van der Waals surface area contributed by atoms with Gasteiger partial charge in [0.15, 0.2) is 0 Å². The summed E-state index contributed by atoms with van der Waals surface area (Å²) in [5.41, 5.74) is 0.982. The SMILES string of the molecule is CC1NCCCC1NC(=O)CCc1ccc(S(=O)(=O)N2CCCC2)cc1. The van der Waals surface area contributed by atoms with Crippen molar-refractivity contribution in [1.29, 1.82) is 0 Å². The molecule has 7 heteroatoms. The number of amides is 1. The Hall–Kier alpha value is -1.44. The molecule has 0 bridgehead atoms. The first-order valence-corrected chi connectivity index (χ1v) is 11.0. The van der Waals surface area contributed by atoms with E-state index < -0.39 is 10.0 Å². The number of nitrogens with one attached hydrogen (secondary N) is 2. The van der Waals surface area contributed by atoms with Crippen molar-refractivity contribution in [2.45, 2.75) is 62.4 Å². The summed E-state index contributed by atoms with van der Waals surface area (Å²) in [5.74, 6) is 0.0549. The van der Waals surface area contributed by atoms with E-state index in [9.17, 15) is 13.2 Å². The highest BCUT2D eigenvalue weighted by Gasteiger charge is 2.27. The minimum atomic E-state index is -3.36. The Morgan fingerprint density at radius 2 is 1.88 bits per heavy atom. The molecule has 1 amide bonds. The number of nitrogens with zero attached hydrogens (tertiary/aromatic N) is 1. The number of carbonyl (C=O) groups excluding carboxylic acids is 1. The molecule has 2 heterocycles. The Bertz CT molecular complexity index is 712. The average Bonchev–Trinajstić information content (AvgIpc) is 3.18. The number of hydrogen-bond donors (Lipinski definition) is 2. The second-order valence-electron chi connectivity index (χ2n) is 7.31. The molecule has 2 aliphatic rings. The first-order valence-electron chi connectivity index (χ1n) is 9.58. The third-order valence-corrected chi connectivity index (χ3v) is 7.29. The van der Waals surface area contributed by atoms with Crippen LogP contribution in [0.2, 0.25) is 0 Å². The van der Waals surface area contributed by atoms with Crippen molar-refractivity contribution in [2.75, 3.05) is 19.6 Å². The van der Waals surface area contributed by atoms with Gasteiger partial charge in [-0.2, -0.15) is 4.31 Å². The molecule has 2 unspecified atom stereocenters. The number of carbonyl (C=O) groups is 1. The molecule has 2 aliphatic heterocycles. The van der Waals surface area contributed by atoms with Gasteiger partial charge >= 0.3 is 0 Å². The molecule has 2 saturated heterocycles. The van der Waals surface area contributed by atoms with Crippen LogP contribution in [0.1, 0.15) is 44.6 Å². The van der Waals surface area contributed by atoms with Crippen LogP contribution in [0.15, 0.2) is 29.2 Å². The van der Waals surface area contributed by atoms with Gasteiger partial charge in [-0.25, -0.2) is 8.42 Å². The quantitative estimate of drug-likeness (QED) is 0.788. The van der Waals surface area contributed by atoms with Gasteiger partial charge in [0, 0.05) is 31.6 Å². The van der Waals surface area contributed by atoms with Gasteiger partial charge in [0.2, 0.25) is 15.9 Å². The fraction of sp³-hybridized carbons (Fsp3) is 0.632. The summed E-state index contributed by atoms with van der Waals surface area (Å²) in [4.78, 5) is 12.5. The van der Waals surface area contributed by atoms with Crippen LogP contribution in [0, 0.1) is 0 Å². The number of benzene rings is 1. The van der Waals surface area contributed by atoms with Gasteiger partial charge in [-0.05, 0) is 63.3 Å². The van der Waals surface area contributed by atoms with Crippen molar-refractivity contribution < 1.29 is 13.2 Å². The van der Waals surface area contributed by atoms with Crippen LogP contribution in [-0.2, 0) is 21.2 Å². The molecule has 2 fully saturated rings. The molecule has 0 aliphatic carbocycles. The molecule has 26 heavy (non-hydrogen) atoms. The smallest absolute Gasteiger partial charge is 0.243 e. The second kappa shape index (κ2) is 8.50. The topological polar surface area (TPSA) is 78.5 Å². The van der Waals surface area contributed by atoms with Crippen LogP contribution in [0.25, 0.3) is 0 Å². The van der Waals surface area contributed by atoms with E-state index >= 15 is 0 Å². The molecular formula is C19H29N3O3S. The lowest BCUT2D eigenvalue weighted by molar-refractivity contribution is -0.122. The Labute approximate surface area is 156 Å². The lowest BCUT2D eigenvalue weighted by atomic mass is 9.99. The zero-order valence-electron chi connectivity index (χ0n) is 15.4. The highest BCUT2D eigenvalue weighted by atomic mass is 32.2. The molecular weight excluding hydrogens is 350 g/mol. The van der Waals surface area contributed by atoms with Gasteiger partial charge in [-0.3, -0.25) is 4.79 Å². The number of hydrogen-bond acceptors (Lipinski definition) is 4. The molecule has 3 rings (SSSR count). The summed E-state index contributed by atoms with van der Waals surface area (Å²) in [5, 5.41) is 6.49. The van der Waals surface area contributed by atoms with E-state index in [1.54, 1.807) is 16.4 Å². The van der Waals surface area contributed by atoms with Crippen molar-refractivity contribution >= 4 is 15.9 Å². The fourth-order valence-corrected chi connectivity index (χ4v) is 5.20. The molecule has 1 aromatic rings. The predicted octanol–water partition coefficient (Wildman–Crippen LogP) is 1.66. The van der Waals surface area contributed by atoms with E-state index in [-0.39, 0.29) is 11.9 Å². The zero-order valence-corrected chi connectivity index (χ0v) is 16.2. The van der Waals surface area contributed by atoms with Crippen molar-refractivity contribution in [3.05, 3.63) is 29.8 Å². The Morgan fingerprint density at radius 1 is 1.19 bits per heavy atom. The molecule has 6 nitrogen and oxygen atoms in total. The van der Waals surface area contributed by atoms with Crippen LogP contribution < -0.4 is 10.6 Å². The molecule has 1 aromatic carbocycles. The van der Waals surface area contributed by atoms with Crippen LogP contribution in [-0.4, -0.2) is 50.3 Å². The molecule has 144 valence electrons. The summed E-state index contributed by atoms with van der Waals surface area (Å²) in [7, 11) is -3.36. The minimum absolute atomic E-state index is 0.0549. The predicted molar refractivity (Wildman–Crippen MR) is 101 cm³/mol. The summed E-state index contributed by atoms with van der Waals surface area (Å²) >= 11 is 0. The van der Waals surface area contributed by atoms with Crippen LogP contribution >= 0.6 is 0 Å². The molecule has 2 N–H and O–H groups in total. The second-order valence-corrected chi connectivity index (χ2v) is 9.25. The summed E-state index contributed by atoms with van der Waals surface area (Å²) in [6, 6.07) is 7.47. The van der Waals surface area contributed by atoms with Gasteiger partial charge in [0.05, 0.1) is 4.90 Å². The first-order chi connectivity index (χ1) is 12.5. The highest BCUT2D eigenvalue weighted by Crippen LogP contribution is 2.21. The van der Waals surface area contributed by atoms with E-state index in [4.69, 9.17) is 0 Å². The van der Waals surface area contributed by atoms with Crippen LogP contribution in [0.3, 0.4) is 0 Å². The first kappa shape index (κ1) is 19.3. The number of rotatable bonds is 6. The van der Waals surface area contributed by atoms with Crippen molar-refractivity contribution in [2.24, 2.45) is 0 Å². The highest BCUT2D eigenvalue weighted by molar-refractivity contribution is 7.89. The number of sulfonamides is 1. The maximum atomic E-state index is 12.5. The van der Waals surface area contributed by atoms with E-state index in [0.29, 0.717) is 36.9 Å². The Morgan fingerprint density at radius 3 is 2.54 bits per heavy atom. The van der Waals surface area contributed by atoms with Gasteiger partial charge in [-0.15, -0.1) is 0 Å². The summed E-state index contributed by atoms with van der Waals surface area (Å²) < 4.78 is 26.6. The summed E-state index contributed by atoms with van der Waals surface area (Å²) in [6.07, 6.45) is 5.00. The fourth-order valence-electron chi connectivity index (χ4n) is 3.68. The van der Waals surface area contributed by atoms with E-state index in [0.717, 1.165) is 37.8 Å². The van der Waals surface area contributed by atoms with Gasteiger partial charge in [0.1, 0.15) is 0 Å². The van der Waals surface area contributed by atoms with Gasteiger partial charge in [0.25, 0.3) is 0 Å². The Kier molecular flexibility index (Phi) is 6.32. The zero-order chi connectivity index (χ0) is 18.6. The molecule has 0 aromatic heterocycles. The minimum Gasteiger partial charge on any atom is -0.352 e. The van der Waals surface area contributed by atoms with Crippen LogP contribution in [0.5, 0.6) is 0 Å². The van der Waals surface area contributed by atoms with E-state index in [1.807, 2.05) is 12.1 Å². The van der Waals surface area contributed by atoms with Crippen molar-refractivity contribution in [3.8, 4) is 0 Å². The summed E-state index contributed by atoms with van der Waals surface area (Å²) in [6.45, 7) is 4.33. The van der Waals surface area contributed by atoms with Crippen molar-refractivity contribution in [3.63, 3.8) is 0 Å². The lowest BCUT2D eigenvalue weighted by Gasteiger charge is -2.30. The van der Waals surface area contributed by atoms with E-state index in [1.165, 1.54) is 0 Å². The van der Waals surface area contributed by atoms with Crippen LogP contribution in [0.4, 0.5) is 0 Å². The van der Waals surface area contributed by atoms with Gasteiger partial charge < -0.3 is 10.6 Å². The van der Waals surface area contributed by atoms with Gasteiger partial charge in [-0.1, -0.05) is 12.1 Å². The average molecular weight is 380 g/mol. The number of piperidine rings is 1. The standard InChI is InChI=1S/C19H29N3O3S/c1-15-18(5-4-12-20-15)21-19(23)11-8-16-6-9-17(10-7-16)26(24,25)22-13-2-3-14-22/h6-7,9-10,15,18,20H,2-5,8,11-14H2,1H3,(H,21,23). The van der Waals surface area contributed by atoms with Crippen molar-refractivity contribution in [1.82, 2.24) is 14.9 Å². The maximum Gasteiger partial charge on any atom is 0.243 e. The third kappa shape index (κ3) is 4.64. The molecule has 0 spiro atoms. The maximum absolute atomic E-state index is 12.5. The molecule has 0 radical (unpaired) electrons. The molecule has 0 saturated carbocycles. The normalized spacial score (nSPS) is 24.5. The Balaban J connectivity index is 1.52. The lowest BCUT2D eigenvalue weighted by Crippen LogP contribution is -2.51.